The van der Waals surface area contributed by atoms with Crippen LogP contribution in [0, 0.1) is 6.92 Å². The summed E-state index contributed by atoms with van der Waals surface area (Å²) in [5, 5.41) is 6.31. The number of amides is 2. The number of ether oxygens (including phenoxy) is 2. The molecule has 25 heavy (non-hydrogen) atoms. The fourth-order valence-corrected chi connectivity index (χ4v) is 2.04. The van der Waals surface area contributed by atoms with Gasteiger partial charge in [0.1, 0.15) is 0 Å². The summed E-state index contributed by atoms with van der Waals surface area (Å²) in [5.74, 6) is -0.532. The van der Waals surface area contributed by atoms with Gasteiger partial charge in [-0.2, -0.15) is 5.10 Å². The van der Waals surface area contributed by atoms with Crippen molar-refractivity contribution in [2.45, 2.75) is 6.92 Å². The molecule has 0 spiro atoms. The van der Waals surface area contributed by atoms with E-state index in [2.05, 4.69) is 15.8 Å². The van der Waals surface area contributed by atoms with E-state index in [0.717, 1.165) is 5.56 Å². The molecule has 2 aromatic carbocycles. The number of nitrogens with one attached hydrogen (secondary N) is 2. The van der Waals surface area contributed by atoms with Crippen LogP contribution in [0.15, 0.2) is 47.6 Å². The number of para-hydroxylation sites is 1. The summed E-state index contributed by atoms with van der Waals surface area (Å²) in [6, 6.07) is 12.3. The molecule has 0 aromatic heterocycles. The minimum absolute atomic E-state index is 0.537. The number of hydrogen-bond acceptors (Lipinski definition) is 5. The molecule has 0 bridgehead atoms. The fraction of sp³-hybridized carbons (Fsp3) is 0.167. The summed E-state index contributed by atoms with van der Waals surface area (Å²) in [5.41, 5.74) is 4.30. The second-order valence-corrected chi connectivity index (χ2v) is 5.08. The van der Waals surface area contributed by atoms with Crippen LogP contribution in [0.2, 0.25) is 0 Å². The Kier molecular flexibility index (Phi) is 6.11. The van der Waals surface area contributed by atoms with Crippen LogP contribution in [0.5, 0.6) is 11.5 Å². The molecule has 2 aromatic rings. The van der Waals surface area contributed by atoms with Crippen LogP contribution in [0.4, 0.5) is 5.69 Å². The van der Waals surface area contributed by atoms with Crippen molar-refractivity contribution in [1.29, 1.82) is 0 Å². The predicted molar refractivity (Wildman–Crippen MR) is 95.1 cm³/mol. The molecule has 0 atom stereocenters. The SMILES string of the molecule is COc1ccc(/C=N\NC(=O)C(=O)Nc2ccccc2C)cc1OC. The number of hydrogen-bond donors (Lipinski definition) is 2. The first kappa shape index (κ1) is 18.0. The number of nitrogens with zero attached hydrogens (tertiary/aromatic N) is 1. The van der Waals surface area contributed by atoms with Crippen LogP contribution in [-0.4, -0.2) is 32.2 Å². The Morgan fingerprint density at radius 3 is 2.40 bits per heavy atom. The van der Waals surface area contributed by atoms with Crippen molar-refractivity contribution >= 4 is 23.7 Å². The highest BCUT2D eigenvalue weighted by Gasteiger charge is 2.13. The smallest absolute Gasteiger partial charge is 0.329 e. The van der Waals surface area contributed by atoms with E-state index >= 15 is 0 Å². The number of benzene rings is 2. The van der Waals surface area contributed by atoms with Crippen molar-refractivity contribution in [1.82, 2.24) is 5.43 Å². The van der Waals surface area contributed by atoms with Gasteiger partial charge >= 0.3 is 11.8 Å². The van der Waals surface area contributed by atoms with E-state index in [1.165, 1.54) is 13.3 Å². The summed E-state index contributed by atoms with van der Waals surface area (Å²) in [6.07, 6.45) is 1.40. The largest absolute Gasteiger partial charge is 0.493 e. The number of methoxy groups -OCH3 is 2. The zero-order valence-electron chi connectivity index (χ0n) is 14.2. The minimum Gasteiger partial charge on any atom is -0.493 e. The van der Waals surface area contributed by atoms with E-state index in [9.17, 15) is 9.59 Å². The first-order valence-corrected chi connectivity index (χ1v) is 7.47. The van der Waals surface area contributed by atoms with Crippen LogP contribution in [0.1, 0.15) is 11.1 Å². The summed E-state index contributed by atoms with van der Waals surface area (Å²) in [4.78, 5) is 23.6. The highest BCUT2D eigenvalue weighted by atomic mass is 16.5. The van der Waals surface area contributed by atoms with Crippen LogP contribution >= 0.6 is 0 Å². The molecule has 2 N–H and O–H groups in total. The lowest BCUT2D eigenvalue weighted by atomic mass is 10.2. The Balaban J connectivity index is 1.96. The summed E-state index contributed by atoms with van der Waals surface area (Å²) >= 11 is 0. The predicted octanol–water partition coefficient (Wildman–Crippen LogP) is 2.10. The summed E-state index contributed by atoms with van der Waals surface area (Å²) < 4.78 is 10.3. The van der Waals surface area contributed by atoms with Crippen molar-refractivity contribution < 1.29 is 19.1 Å². The van der Waals surface area contributed by atoms with Crippen molar-refractivity contribution in [3.63, 3.8) is 0 Å². The molecule has 0 saturated carbocycles. The highest BCUT2D eigenvalue weighted by molar-refractivity contribution is 6.39. The van der Waals surface area contributed by atoms with E-state index in [4.69, 9.17) is 9.47 Å². The van der Waals surface area contributed by atoms with Crippen molar-refractivity contribution in [2.24, 2.45) is 5.10 Å². The average Bonchev–Trinajstić information content (AvgIpc) is 2.63. The summed E-state index contributed by atoms with van der Waals surface area (Å²) in [7, 11) is 3.06. The second-order valence-electron chi connectivity index (χ2n) is 5.08. The van der Waals surface area contributed by atoms with Crippen LogP contribution in [-0.2, 0) is 9.59 Å². The van der Waals surface area contributed by atoms with E-state index < -0.39 is 11.8 Å². The number of rotatable bonds is 5. The normalized spacial score (nSPS) is 10.4. The van der Waals surface area contributed by atoms with Gasteiger partial charge in [0.05, 0.1) is 20.4 Å². The zero-order chi connectivity index (χ0) is 18.2. The Morgan fingerprint density at radius 2 is 1.72 bits per heavy atom. The Bertz CT molecular complexity index is 803. The second kappa shape index (κ2) is 8.49. The standard InChI is InChI=1S/C18H19N3O4/c1-12-6-4-5-7-14(12)20-17(22)18(23)21-19-11-13-8-9-15(24-2)16(10-13)25-3/h4-11H,1-3H3,(H,20,22)(H,21,23)/b19-11-. The van der Waals surface area contributed by atoms with Gasteiger partial charge < -0.3 is 14.8 Å². The summed E-state index contributed by atoms with van der Waals surface area (Å²) in [6.45, 7) is 1.84. The zero-order valence-corrected chi connectivity index (χ0v) is 14.2. The first-order valence-electron chi connectivity index (χ1n) is 7.47. The average molecular weight is 341 g/mol. The van der Waals surface area contributed by atoms with Gasteiger partial charge in [-0.15, -0.1) is 0 Å². The van der Waals surface area contributed by atoms with Gasteiger partial charge in [0.2, 0.25) is 0 Å². The van der Waals surface area contributed by atoms with Crippen molar-refractivity contribution in [3.8, 4) is 11.5 Å². The van der Waals surface area contributed by atoms with Crippen LogP contribution < -0.4 is 20.2 Å². The molecule has 0 aliphatic carbocycles. The molecule has 0 saturated heterocycles. The number of hydrazone groups is 1. The third-order valence-electron chi connectivity index (χ3n) is 3.39. The van der Waals surface area contributed by atoms with E-state index in [1.54, 1.807) is 37.4 Å². The van der Waals surface area contributed by atoms with E-state index in [0.29, 0.717) is 22.7 Å². The third-order valence-corrected chi connectivity index (χ3v) is 3.39. The molecule has 0 fully saturated rings. The molecular formula is C18H19N3O4. The maximum atomic E-state index is 11.9. The van der Waals surface area contributed by atoms with Crippen molar-refractivity contribution in [3.05, 3.63) is 53.6 Å². The third kappa shape index (κ3) is 4.81. The van der Waals surface area contributed by atoms with Gasteiger partial charge in [-0.3, -0.25) is 9.59 Å². The molecule has 2 amide bonds. The van der Waals surface area contributed by atoms with Gasteiger partial charge in [-0.1, -0.05) is 18.2 Å². The number of anilines is 1. The van der Waals surface area contributed by atoms with Gasteiger partial charge in [-0.05, 0) is 42.3 Å². The molecular weight excluding hydrogens is 322 g/mol. The van der Waals surface area contributed by atoms with Crippen LogP contribution in [0.3, 0.4) is 0 Å². The Morgan fingerprint density at radius 1 is 1.00 bits per heavy atom. The minimum atomic E-state index is -0.861. The molecule has 0 aliphatic heterocycles. The molecule has 0 aliphatic rings. The number of carbonyl (C=O) groups excluding carboxylic acids is 2. The number of carbonyl (C=O) groups is 2. The monoisotopic (exact) mass is 341 g/mol. The van der Waals surface area contributed by atoms with E-state index in [-0.39, 0.29) is 0 Å². The molecule has 7 heteroatoms. The molecule has 2 rings (SSSR count). The quantitative estimate of drug-likeness (QED) is 0.495. The lowest BCUT2D eigenvalue weighted by molar-refractivity contribution is -0.136. The fourth-order valence-electron chi connectivity index (χ4n) is 2.04. The lowest BCUT2D eigenvalue weighted by Gasteiger charge is -2.07. The molecule has 0 radical (unpaired) electrons. The van der Waals surface area contributed by atoms with Crippen LogP contribution in [0.25, 0.3) is 0 Å². The number of aryl methyl sites for hydroxylation is 1. The van der Waals surface area contributed by atoms with Gasteiger partial charge in [0, 0.05) is 5.69 Å². The van der Waals surface area contributed by atoms with E-state index in [1.807, 2.05) is 19.1 Å². The lowest BCUT2D eigenvalue weighted by Crippen LogP contribution is -2.32. The maximum absolute atomic E-state index is 11.9. The maximum Gasteiger partial charge on any atom is 0.329 e. The molecule has 7 nitrogen and oxygen atoms in total. The molecule has 130 valence electrons. The molecule has 0 heterocycles. The first-order chi connectivity index (χ1) is 12.0. The van der Waals surface area contributed by atoms with Gasteiger partial charge in [-0.25, -0.2) is 5.43 Å². The highest BCUT2D eigenvalue weighted by Crippen LogP contribution is 2.26. The van der Waals surface area contributed by atoms with Crippen molar-refractivity contribution in [2.75, 3.05) is 19.5 Å². The van der Waals surface area contributed by atoms with Gasteiger partial charge in [0.15, 0.2) is 11.5 Å². The topological polar surface area (TPSA) is 89.0 Å². The Labute approximate surface area is 145 Å². The molecule has 0 unspecified atom stereocenters. The Hall–Kier alpha value is -3.35. The van der Waals surface area contributed by atoms with Gasteiger partial charge in [0.25, 0.3) is 0 Å².